The lowest BCUT2D eigenvalue weighted by molar-refractivity contribution is -0.123. The quantitative estimate of drug-likeness (QED) is 0.533. The molecule has 0 radical (unpaired) electrons. The van der Waals surface area contributed by atoms with Crippen LogP contribution in [0.25, 0.3) is 0 Å². The summed E-state index contributed by atoms with van der Waals surface area (Å²) in [5, 5.41) is 9.21. The van der Waals surface area contributed by atoms with Crippen molar-refractivity contribution in [2.24, 2.45) is 5.41 Å². The van der Waals surface area contributed by atoms with E-state index in [1.54, 1.807) is 0 Å². The molecule has 1 rings (SSSR count). The van der Waals surface area contributed by atoms with Gasteiger partial charge in [0.1, 0.15) is 0 Å². The minimum atomic E-state index is -0.563. The fraction of sp³-hybridized carbons (Fsp3) is 1.00. The number of aliphatic hydroxyl groups excluding tert-OH is 1. The molecule has 0 bridgehead atoms. The Morgan fingerprint density at radius 2 is 2.11 bits per heavy atom. The van der Waals surface area contributed by atoms with Gasteiger partial charge in [-0.25, -0.2) is 0 Å². The van der Waals surface area contributed by atoms with E-state index in [-0.39, 0.29) is 11.5 Å². The van der Waals surface area contributed by atoms with Crippen molar-refractivity contribution in [3.63, 3.8) is 0 Å². The normalized spacial score (nSPS) is 41.3. The first-order chi connectivity index (χ1) is 4.02. The van der Waals surface area contributed by atoms with Crippen LogP contribution < -0.4 is 0 Å². The number of rotatable bonds is 0. The third kappa shape index (κ3) is 1.25. The van der Waals surface area contributed by atoms with Crippen molar-refractivity contribution in [1.82, 2.24) is 0 Å². The second kappa shape index (κ2) is 1.96. The van der Waals surface area contributed by atoms with E-state index >= 15 is 0 Å². The zero-order valence-corrected chi connectivity index (χ0v) is 6.22. The highest BCUT2D eigenvalue weighted by molar-refractivity contribution is 4.81. The molecular formula is C7H14O2. The predicted molar refractivity (Wildman–Crippen MR) is 35.0 cm³/mol. The molecule has 1 saturated heterocycles. The largest absolute Gasteiger partial charge is 0.367 e. The lowest BCUT2D eigenvalue weighted by Crippen LogP contribution is -2.23. The predicted octanol–water partition coefficient (Wildman–Crippen LogP) is 1.14. The van der Waals surface area contributed by atoms with Crippen molar-refractivity contribution >= 4 is 0 Å². The molecule has 0 aliphatic carbocycles. The molecule has 1 fully saturated rings. The Hall–Kier alpha value is -0.0800. The van der Waals surface area contributed by atoms with Crippen molar-refractivity contribution in [2.75, 3.05) is 0 Å². The molecule has 0 spiro atoms. The van der Waals surface area contributed by atoms with Crippen LogP contribution >= 0.6 is 0 Å². The molecule has 1 N–H and O–H groups in total. The molecule has 0 aromatic carbocycles. The Bertz CT molecular complexity index is 109. The van der Waals surface area contributed by atoms with E-state index in [1.807, 2.05) is 20.8 Å². The fourth-order valence-corrected chi connectivity index (χ4v) is 1.29. The van der Waals surface area contributed by atoms with Crippen molar-refractivity contribution < 1.29 is 9.84 Å². The lowest BCUT2D eigenvalue weighted by Gasteiger charge is -2.18. The molecule has 2 heteroatoms. The van der Waals surface area contributed by atoms with Gasteiger partial charge in [-0.2, -0.15) is 0 Å². The van der Waals surface area contributed by atoms with Crippen LogP contribution in [0.5, 0.6) is 0 Å². The van der Waals surface area contributed by atoms with Gasteiger partial charge >= 0.3 is 0 Å². The van der Waals surface area contributed by atoms with Gasteiger partial charge in [0.25, 0.3) is 0 Å². The number of hydrogen-bond acceptors (Lipinski definition) is 2. The van der Waals surface area contributed by atoms with Crippen LogP contribution in [0.1, 0.15) is 27.2 Å². The molecule has 2 atom stereocenters. The highest BCUT2D eigenvalue weighted by Crippen LogP contribution is 2.35. The fourth-order valence-electron chi connectivity index (χ4n) is 1.29. The van der Waals surface area contributed by atoms with E-state index in [2.05, 4.69) is 0 Å². The van der Waals surface area contributed by atoms with Crippen LogP contribution in [0, 0.1) is 5.41 Å². The highest BCUT2D eigenvalue weighted by Gasteiger charge is 2.38. The molecule has 1 heterocycles. The summed E-state index contributed by atoms with van der Waals surface area (Å²) in [4.78, 5) is 0. The van der Waals surface area contributed by atoms with Gasteiger partial charge in [-0.3, -0.25) is 0 Å². The summed E-state index contributed by atoms with van der Waals surface area (Å²) >= 11 is 0. The molecule has 2 nitrogen and oxygen atoms in total. The molecule has 0 saturated carbocycles. The Morgan fingerprint density at radius 1 is 1.56 bits per heavy atom. The van der Waals surface area contributed by atoms with Gasteiger partial charge in [-0.05, 0) is 13.3 Å². The average Bonchev–Trinajstić information content (AvgIpc) is 1.79. The summed E-state index contributed by atoms with van der Waals surface area (Å²) in [5.41, 5.74) is -0.0422. The van der Waals surface area contributed by atoms with E-state index in [0.717, 1.165) is 6.42 Å². The SMILES string of the molecule is CC1CC(C)(C)C(O)O1. The van der Waals surface area contributed by atoms with Crippen molar-refractivity contribution in [2.45, 2.75) is 39.6 Å². The summed E-state index contributed by atoms with van der Waals surface area (Å²) in [6.07, 6.45) is 0.608. The summed E-state index contributed by atoms with van der Waals surface area (Å²) in [6.45, 7) is 6.01. The second-order valence-corrected chi connectivity index (χ2v) is 3.49. The Balaban J connectivity index is 2.58. The first-order valence-corrected chi connectivity index (χ1v) is 3.36. The summed E-state index contributed by atoms with van der Waals surface area (Å²) in [5.74, 6) is 0. The number of ether oxygens (including phenoxy) is 1. The zero-order chi connectivity index (χ0) is 7.07. The maximum Gasteiger partial charge on any atom is 0.160 e. The standard InChI is InChI=1S/C7H14O2/c1-5-4-7(2,3)6(8)9-5/h5-6,8H,4H2,1-3H3. The van der Waals surface area contributed by atoms with Crippen LogP contribution in [0.3, 0.4) is 0 Å². The minimum Gasteiger partial charge on any atom is -0.367 e. The molecule has 0 amide bonds. The van der Waals surface area contributed by atoms with Gasteiger partial charge in [-0.1, -0.05) is 13.8 Å². The van der Waals surface area contributed by atoms with Gasteiger partial charge in [0, 0.05) is 5.41 Å². The van der Waals surface area contributed by atoms with Crippen molar-refractivity contribution in [1.29, 1.82) is 0 Å². The molecular weight excluding hydrogens is 116 g/mol. The first-order valence-electron chi connectivity index (χ1n) is 3.36. The van der Waals surface area contributed by atoms with Gasteiger partial charge in [-0.15, -0.1) is 0 Å². The molecule has 0 aromatic heterocycles. The minimum absolute atomic E-state index is 0.0422. The van der Waals surface area contributed by atoms with Crippen LogP contribution in [-0.2, 0) is 4.74 Å². The van der Waals surface area contributed by atoms with Gasteiger partial charge in [0.15, 0.2) is 6.29 Å². The van der Waals surface area contributed by atoms with Crippen LogP contribution in [0.2, 0.25) is 0 Å². The maximum atomic E-state index is 9.21. The smallest absolute Gasteiger partial charge is 0.160 e. The lowest BCUT2D eigenvalue weighted by atomic mass is 9.89. The Morgan fingerprint density at radius 3 is 2.22 bits per heavy atom. The molecule has 2 unspecified atom stereocenters. The van der Waals surface area contributed by atoms with Crippen LogP contribution in [0.4, 0.5) is 0 Å². The summed E-state index contributed by atoms with van der Waals surface area (Å²) in [7, 11) is 0. The number of hydrogen-bond donors (Lipinski definition) is 1. The second-order valence-electron chi connectivity index (χ2n) is 3.49. The molecule has 1 aliphatic heterocycles. The first kappa shape index (κ1) is 7.03. The van der Waals surface area contributed by atoms with Gasteiger partial charge in [0.2, 0.25) is 0 Å². The molecule has 54 valence electrons. The summed E-state index contributed by atoms with van der Waals surface area (Å²) < 4.78 is 5.13. The van der Waals surface area contributed by atoms with E-state index in [0.29, 0.717) is 0 Å². The molecule has 1 aliphatic rings. The van der Waals surface area contributed by atoms with Crippen LogP contribution in [-0.4, -0.2) is 17.5 Å². The van der Waals surface area contributed by atoms with Crippen LogP contribution in [0.15, 0.2) is 0 Å². The maximum absolute atomic E-state index is 9.21. The third-order valence-electron chi connectivity index (χ3n) is 1.84. The monoisotopic (exact) mass is 130 g/mol. The number of aliphatic hydroxyl groups is 1. The van der Waals surface area contributed by atoms with Gasteiger partial charge < -0.3 is 9.84 Å². The van der Waals surface area contributed by atoms with Crippen molar-refractivity contribution in [3.05, 3.63) is 0 Å². The Kier molecular flexibility index (Phi) is 1.53. The van der Waals surface area contributed by atoms with Gasteiger partial charge in [0.05, 0.1) is 6.10 Å². The van der Waals surface area contributed by atoms with Crippen molar-refractivity contribution in [3.8, 4) is 0 Å². The van der Waals surface area contributed by atoms with E-state index in [4.69, 9.17) is 4.74 Å². The zero-order valence-electron chi connectivity index (χ0n) is 6.22. The van der Waals surface area contributed by atoms with E-state index in [1.165, 1.54) is 0 Å². The average molecular weight is 130 g/mol. The molecule has 9 heavy (non-hydrogen) atoms. The third-order valence-corrected chi connectivity index (χ3v) is 1.84. The summed E-state index contributed by atoms with van der Waals surface area (Å²) in [6, 6.07) is 0. The molecule has 0 aromatic rings. The van der Waals surface area contributed by atoms with E-state index in [9.17, 15) is 5.11 Å². The Labute approximate surface area is 55.8 Å². The highest BCUT2D eigenvalue weighted by atomic mass is 16.6. The topological polar surface area (TPSA) is 29.5 Å². The van der Waals surface area contributed by atoms with E-state index < -0.39 is 6.29 Å².